The third kappa shape index (κ3) is 2.65. The standard InChI is InChI=1S/C14H14Cl2N4S/c1-7-5-18-14(21-7)9(3)20-12(8(2)15)19-11-4-10(16)6-17-13(11)20/h4-6,8-9H,1-3H3. The summed E-state index contributed by atoms with van der Waals surface area (Å²) in [6.45, 7) is 6.03. The molecule has 4 nitrogen and oxygen atoms in total. The molecule has 0 aliphatic rings. The number of thiazole rings is 1. The molecule has 0 radical (unpaired) electrons. The maximum absolute atomic E-state index is 6.30. The van der Waals surface area contributed by atoms with Crippen molar-refractivity contribution in [2.24, 2.45) is 0 Å². The Labute approximate surface area is 136 Å². The average molecular weight is 341 g/mol. The fourth-order valence-electron chi connectivity index (χ4n) is 2.31. The molecule has 3 rings (SSSR count). The van der Waals surface area contributed by atoms with Crippen molar-refractivity contribution in [1.82, 2.24) is 19.5 Å². The van der Waals surface area contributed by atoms with Crippen molar-refractivity contribution in [1.29, 1.82) is 0 Å². The first-order valence-corrected chi connectivity index (χ1v) is 8.20. The summed E-state index contributed by atoms with van der Waals surface area (Å²) < 4.78 is 2.04. The Balaban J connectivity index is 2.21. The molecule has 110 valence electrons. The molecule has 3 heterocycles. The van der Waals surface area contributed by atoms with E-state index in [2.05, 4.69) is 21.9 Å². The molecular weight excluding hydrogens is 327 g/mol. The van der Waals surface area contributed by atoms with E-state index in [0.29, 0.717) is 5.02 Å². The fourth-order valence-corrected chi connectivity index (χ4v) is 3.44. The summed E-state index contributed by atoms with van der Waals surface area (Å²) >= 11 is 14.0. The van der Waals surface area contributed by atoms with E-state index in [0.717, 1.165) is 22.0 Å². The molecule has 3 aromatic rings. The normalized spacial score (nSPS) is 14.5. The first-order chi connectivity index (χ1) is 9.97. The highest BCUT2D eigenvalue weighted by molar-refractivity contribution is 7.11. The minimum absolute atomic E-state index is 0.0265. The Morgan fingerprint density at radius 1 is 1.24 bits per heavy atom. The lowest BCUT2D eigenvalue weighted by Gasteiger charge is -2.15. The van der Waals surface area contributed by atoms with Crippen LogP contribution >= 0.6 is 34.5 Å². The van der Waals surface area contributed by atoms with Gasteiger partial charge in [-0.15, -0.1) is 22.9 Å². The number of halogens is 2. The van der Waals surface area contributed by atoms with Gasteiger partial charge >= 0.3 is 0 Å². The minimum atomic E-state index is -0.221. The zero-order valence-electron chi connectivity index (χ0n) is 11.8. The number of fused-ring (bicyclic) bond motifs is 1. The zero-order valence-corrected chi connectivity index (χ0v) is 14.2. The lowest BCUT2D eigenvalue weighted by Crippen LogP contribution is -2.11. The fraction of sp³-hybridized carbons (Fsp3) is 0.357. The number of aromatic nitrogens is 4. The molecule has 0 N–H and O–H groups in total. The number of nitrogens with zero attached hydrogens (tertiary/aromatic N) is 4. The summed E-state index contributed by atoms with van der Waals surface area (Å²) in [6.07, 6.45) is 3.51. The molecule has 0 aromatic carbocycles. The van der Waals surface area contributed by atoms with Crippen molar-refractivity contribution < 1.29 is 0 Å². The Kier molecular flexibility index (Phi) is 3.90. The van der Waals surface area contributed by atoms with E-state index in [1.807, 2.05) is 30.7 Å². The zero-order chi connectivity index (χ0) is 15.1. The average Bonchev–Trinajstić information content (AvgIpc) is 3.01. The molecule has 7 heteroatoms. The summed E-state index contributed by atoms with van der Waals surface area (Å²) in [6, 6.07) is 1.83. The SMILES string of the molecule is Cc1cnc(C(C)n2c(C(C)Cl)nc3cc(Cl)cnc32)s1. The predicted molar refractivity (Wildman–Crippen MR) is 87.5 cm³/mol. The summed E-state index contributed by atoms with van der Waals surface area (Å²) in [5, 5.41) is 1.36. The van der Waals surface area contributed by atoms with Gasteiger partial charge in [-0.05, 0) is 26.8 Å². The van der Waals surface area contributed by atoms with Gasteiger partial charge < -0.3 is 4.57 Å². The quantitative estimate of drug-likeness (QED) is 0.645. The largest absolute Gasteiger partial charge is 0.302 e. The van der Waals surface area contributed by atoms with Crippen molar-refractivity contribution in [3.05, 3.63) is 39.2 Å². The van der Waals surface area contributed by atoms with Gasteiger partial charge in [0.1, 0.15) is 16.3 Å². The van der Waals surface area contributed by atoms with Crippen molar-refractivity contribution >= 4 is 45.7 Å². The van der Waals surface area contributed by atoms with Crippen LogP contribution in [0.25, 0.3) is 11.2 Å². The molecule has 0 bridgehead atoms. The van der Waals surface area contributed by atoms with Crippen LogP contribution in [0.5, 0.6) is 0 Å². The van der Waals surface area contributed by atoms with Gasteiger partial charge in [0.15, 0.2) is 5.65 Å². The minimum Gasteiger partial charge on any atom is -0.302 e. The van der Waals surface area contributed by atoms with E-state index in [9.17, 15) is 0 Å². The lowest BCUT2D eigenvalue weighted by molar-refractivity contribution is 0.610. The number of aryl methyl sites for hydroxylation is 1. The van der Waals surface area contributed by atoms with Crippen LogP contribution in [0.2, 0.25) is 5.02 Å². The van der Waals surface area contributed by atoms with Crippen molar-refractivity contribution in [3.63, 3.8) is 0 Å². The van der Waals surface area contributed by atoms with Gasteiger partial charge in [-0.2, -0.15) is 0 Å². The number of rotatable bonds is 3. The number of pyridine rings is 1. The Morgan fingerprint density at radius 3 is 2.62 bits per heavy atom. The second kappa shape index (κ2) is 5.55. The van der Waals surface area contributed by atoms with Gasteiger partial charge in [0, 0.05) is 17.3 Å². The Morgan fingerprint density at radius 2 is 2.00 bits per heavy atom. The van der Waals surface area contributed by atoms with Crippen LogP contribution in [0.15, 0.2) is 18.5 Å². The van der Waals surface area contributed by atoms with Gasteiger partial charge in [-0.1, -0.05) is 11.6 Å². The van der Waals surface area contributed by atoms with Gasteiger partial charge in [-0.3, -0.25) is 0 Å². The molecule has 3 aromatic heterocycles. The Bertz CT molecular complexity index is 793. The van der Waals surface area contributed by atoms with E-state index in [1.165, 1.54) is 4.88 Å². The van der Waals surface area contributed by atoms with Crippen molar-refractivity contribution in [2.75, 3.05) is 0 Å². The highest BCUT2D eigenvalue weighted by Gasteiger charge is 2.22. The molecule has 0 spiro atoms. The summed E-state index contributed by atoms with van der Waals surface area (Å²) in [5.41, 5.74) is 1.53. The molecule has 0 saturated heterocycles. The molecule has 0 amide bonds. The number of imidazole rings is 1. The molecule has 2 unspecified atom stereocenters. The molecule has 2 atom stereocenters. The smallest absolute Gasteiger partial charge is 0.160 e. The topological polar surface area (TPSA) is 43.6 Å². The van der Waals surface area contributed by atoms with Gasteiger partial charge in [0.25, 0.3) is 0 Å². The van der Waals surface area contributed by atoms with Gasteiger partial charge in [-0.25, -0.2) is 15.0 Å². The van der Waals surface area contributed by atoms with Crippen LogP contribution < -0.4 is 0 Å². The van der Waals surface area contributed by atoms with Crippen molar-refractivity contribution in [3.8, 4) is 0 Å². The van der Waals surface area contributed by atoms with Gasteiger partial charge in [0.2, 0.25) is 0 Å². The highest BCUT2D eigenvalue weighted by Crippen LogP contribution is 2.32. The van der Waals surface area contributed by atoms with E-state index >= 15 is 0 Å². The Hall–Kier alpha value is -1.17. The lowest BCUT2D eigenvalue weighted by atomic mass is 10.3. The van der Waals surface area contributed by atoms with Crippen molar-refractivity contribution in [2.45, 2.75) is 32.2 Å². The third-order valence-electron chi connectivity index (χ3n) is 3.26. The van der Waals surface area contributed by atoms with Crippen LogP contribution in [-0.4, -0.2) is 19.5 Å². The van der Waals surface area contributed by atoms with E-state index in [-0.39, 0.29) is 11.4 Å². The van der Waals surface area contributed by atoms with E-state index < -0.39 is 0 Å². The predicted octanol–water partition coefficient (Wildman–Crippen LogP) is 4.76. The summed E-state index contributed by atoms with van der Waals surface area (Å²) in [4.78, 5) is 14.7. The molecule has 0 aliphatic carbocycles. The van der Waals surface area contributed by atoms with E-state index in [4.69, 9.17) is 23.2 Å². The molecule has 21 heavy (non-hydrogen) atoms. The summed E-state index contributed by atoms with van der Waals surface area (Å²) in [7, 11) is 0. The summed E-state index contributed by atoms with van der Waals surface area (Å²) in [5.74, 6) is 0.779. The molecular formula is C14H14Cl2N4S. The number of hydrogen-bond acceptors (Lipinski definition) is 4. The van der Waals surface area contributed by atoms with E-state index in [1.54, 1.807) is 17.5 Å². The van der Waals surface area contributed by atoms with Crippen LogP contribution in [0.1, 0.15) is 41.0 Å². The molecule has 0 saturated carbocycles. The second-order valence-electron chi connectivity index (χ2n) is 4.94. The molecule has 0 fully saturated rings. The maximum atomic E-state index is 6.30. The molecule has 0 aliphatic heterocycles. The number of hydrogen-bond donors (Lipinski definition) is 0. The highest BCUT2D eigenvalue weighted by atomic mass is 35.5. The third-order valence-corrected chi connectivity index (χ3v) is 4.75. The van der Waals surface area contributed by atoms with Crippen LogP contribution in [-0.2, 0) is 0 Å². The van der Waals surface area contributed by atoms with Gasteiger partial charge in [0.05, 0.1) is 16.4 Å². The van der Waals surface area contributed by atoms with Crippen LogP contribution in [0.3, 0.4) is 0 Å². The monoisotopic (exact) mass is 340 g/mol. The van der Waals surface area contributed by atoms with Crippen LogP contribution in [0, 0.1) is 6.92 Å². The first-order valence-electron chi connectivity index (χ1n) is 6.57. The second-order valence-corrected chi connectivity index (χ2v) is 7.29. The number of alkyl halides is 1. The first kappa shape index (κ1) is 14.8. The maximum Gasteiger partial charge on any atom is 0.160 e. The van der Waals surface area contributed by atoms with Crippen LogP contribution in [0.4, 0.5) is 0 Å².